The molecular formula is C25H28F6N4O5S. The summed E-state index contributed by atoms with van der Waals surface area (Å²) < 4.78 is 111. The molecule has 1 fully saturated rings. The number of carbonyl (C=O) groups excluding carboxylic acids is 2. The molecule has 2 aromatic rings. The van der Waals surface area contributed by atoms with Gasteiger partial charge in [-0.05, 0) is 42.9 Å². The summed E-state index contributed by atoms with van der Waals surface area (Å²) in [4.78, 5) is 27.3. The molecule has 0 radical (unpaired) electrons. The van der Waals surface area contributed by atoms with E-state index >= 15 is 0 Å². The molecule has 1 aliphatic heterocycles. The van der Waals surface area contributed by atoms with Crippen molar-refractivity contribution in [1.29, 1.82) is 0 Å². The Labute approximate surface area is 231 Å². The Bertz CT molecular complexity index is 1420. The SMILES string of the molecule is CN(C(=O)CS(C)(=O)=O)c1c2c(nn1CCC1CC1)CC[C@](c1ccc(OCC(F)(F)F)cc1)(C(F)(F)F)NC2=O. The molecule has 2 aliphatic rings. The highest BCUT2D eigenvalue weighted by Crippen LogP contribution is 2.45. The van der Waals surface area contributed by atoms with Gasteiger partial charge in [-0.25, -0.2) is 13.1 Å². The van der Waals surface area contributed by atoms with Crippen LogP contribution in [0.2, 0.25) is 0 Å². The number of hydrogen-bond donors (Lipinski definition) is 1. The number of rotatable bonds is 9. The van der Waals surface area contributed by atoms with Gasteiger partial charge in [-0.15, -0.1) is 0 Å². The monoisotopic (exact) mass is 610 g/mol. The first-order valence-electron chi connectivity index (χ1n) is 12.6. The van der Waals surface area contributed by atoms with Crippen molar-refractivity contribution >= 4 is 27.5 Å². The molecule has 1 aromatic carbocycles. The van der Waals surface area contributed by atoms with E-state index < -0.39 is 63.9 Å². The predicted molar refractivity (Wildman–Crippen MR) is 134 cm³/mol. The van der Waals surface area contributed by atoms with Gasteiger partial charge < -0.3 is 10.1 Å². The Balaban J connectivity index is 1.71. The standard InChI is InChI=1S/C25H28F6N4O5S/c1-34(19(36)13-41(2,38)39)22-20-18(33-35(22)12-10-15-3-4-15)9-11-23(25(29,30)31,32-21(20)37)16-5-7-17(8-6-16)40-14-24(26,27)28/h5-8,15H,3-4,9-14H2,1-2H3,(H,32,37)/t23-/m0/s1. The van der Waals surface area contributed by atoms with Crippen molar-refractivity contribution < 1.29 is 49.1 Å². The van der Waals surface area contributed by atoms with Crippen molar-refractivity contribution in [2.75, 3.05) is 30.6 Å². The number of sulfone groups is 1. The number of anilines is 1. The Hall–Kier alpha value is -3.30. The van der Waals surface area contributed by atoms with Gasteiger partial charge in [0, 0.05) is 19.8 Å². The zero-order valence-electron chi connectivity index (χ0n) is 22.1. The summed E-state index contributed by atoms with van der Waals surface area (Å²) in [5, 5.41) is 6.44. The lowest BCUT2D eigenvalue weighted by Crippen LogP contribution is -2.55. The molecule has 226 valence electrons. The molecule has 4 rings (SSSR count). The van der Waals surface area contributed by atoms with Crippen LogP contribution in [0.3, 0.4) is 0 Å². The summed E-state index contributed by atoms with van der Waals surface area (Å²) in [5.41, 5.74) is -3.65. The second kappa shape index (κ2) is 10.8. The first-order chi connectivity index (χ1) is 18.9. The van der Waals surface area contributed by atoms with Crippen LogP contribution in [0.15, 0.2) is 24.3 Å². The largest absolute Gasteiger partial charge is 0.484 e. The summed E-state index contributed by atoms with van der Waals surface area (Å²) >= 11 is 0. The fourth-order valence-electron chi connectivity index (χ4n) is 4.77. The van der Waals surface area contributed by atoms with E-state index in [0.717, 1.165) is 48.3 Å². The predicted octanol–water partition coefficient (Wildman–Crippen LogP) is 3.77. The number of amides is 2. The van der Waals surface area contributed by atoms with Crippen molar-refractivity contribution in [2.24, 2.45) is 5.92 Å². The van der Waals surface area contributed by atoms with Crippen molar-refractivity contribution in [3.63, 3.8) is 0 Å². The first-order valence-corrected chi connectivity index (χ1v) is 14.7. The highest BCUT2D eigenvalue weighted by Gasteiger charge is 2.58. The molecule has 2 amide bonds. The van der Waals surface area contributed by atoms with Gasteiger partial charge in [-0.3, -0.25) is 14.5 Å². The van der Waals surface area contributed by atoms with Crippen LogP contribution >= 0.6 is 0 Å². The number of hydrogen-bond acceptors (Lipinski definition) is 6. The Morgan fingerprint density at radius 2 is 1.80 bits per heavy atom. The number of alkyl halides is 6. The summed E-state index contributed by atoms with van der Waals surface area (Å²) in [6.07, 6.45) is -7.24. The number of aromatic nitrogens is 2. The van der Waals surface area contributed by atoms with Crippen molar-refractivity contribution in [3.05, 3.63) is 41.1 Å². The van der Waals surface area contributed by atoms with Gasteiger partial charge in [0.25, 0.3) is 5.91 Å². The van der Waals surface area contributed by atoms with Crippen molar-refractivity contribution in [2.45, 2.75) is 56.5 Å². The molecule has 16 heteroatoms. The van der Waals surface area contributed by atoms with E-state index in [2.05, 4.69) is 15.2 Å². The molecule has 9 nitrogen and oxygen atoms in total. The molecule has 1 aromatic heterocycles. The lowest BCUT2D eigenvalue weighted by atomic mass is 9.84. The quantitative estimate of drug-likeness (QED) is 0.433. The minimum absolute atomic E-state index is 0.00329. The lowest BCUT2D eigenvalue weighted by molar-refractivity contribution is -0.199. The van der Waals surface area contributed by atoms with E-state index in [-0.39, 0.29) is 35.8 Å². The van der Waals surface area contributed by atoms with Crippen molar-refractivity contribution in [3.8, 4) is 5.75 Å². The Morgan fingerprint density at radius 1 is 1.17 bits per heavy atom. The second-order valence-corrected chi connectivity index (χ2v) is 12.5. The number of benzene rings is 1. The van der Waals surface area contributed by atoms with E-state index in [9.17, 15) is 44.3 Å². The van der Waals surface area contributed by atoms with Crippen LogP contribution in [0.1, 0.15) is 47.3 Å². The third-order valence-corrected chi connectivity index (χ3v) is 7.82. The molecule has 1 saturated carbocycles. The normalized spacial score (nSPS) is 19.8. The van der Waals surface area contributed by atoms with Crippen LogP contribution in [0.5, 0.6) is 5.75 Å². The summed E-state index contributed by atoms with van der Waals surface area (Å²) in [6.45, 7) is -1.37. The summed E-state index contributed by atoms with van der Waals surface area (Å²) in [5.74, 6) is -2.97. The molecule has 2 heterocycles. The molecule has 41 heavy (non-hydrogen) atoms. The van der Waals surface area contributed by atoms with Crippen LogP contribution < -0.4 is 15.0 Å². The molecule has 1 atom stereocenters. The van der Waals surface area contributed by atoms with Crippen LogP contribution in [0.25, 0.3) is 0 Å². The number of fused-ring (bicyclic) bond motifs is 1. The van der Waals surface area contributed by atoms with Crippen molar-refractivity contribution in [1.82, 2.24) is 15.1 Å². The average molecular weight is 611 g/mol. The molecule has 0 spiro atoms. The van der Waals surface area contributed by atoms with Crippen LogP contribution in [0.4, 0.5) is 32.2 Å². The smallest absolute Gasteiger partial charge is 0.422 e. The third kappa shape index (κ3) is 6.96. The zero-order chi connectivity index (χ0) is 30.4. The minimum Gasteiger partial charge on any atom is -0.484 e. The second-order valence-electron chi connectivity index (χ2n) is 10.4. The van der Waals surface area contributed by atoms with E-state index in [4.69, 9.17) is 0 Å². The maximum Gasteiger partial charge on any atom is 0.422 e. The topological polar surface area (TPSA) is 111 Å². The van der Waals surface area contributed by atoms with Crippen LogP contribution in [-0.4, -0.2) is 68.0 Å². The molecular weight excluding hydrogens is 582 g/mol. The highest BCUT2D eigenvalue weighted by atomic mass is 32.2. The maximum absolute atomic E-state index is 14.7. The van der Waals surface area contributed by atoms with Gasteiger partial charge in [0.2, 0.25) is 5.91 Å². The van der Waals surface area contributed by atoms with Gasteiger partial charge >= 0.3 is 12.4 Å². The maximum atomic E-state index is 14.7. The molecule has 0 unspecified atom stereocenters. The Kier molecular flexibility index (Phi) is 8.10. The van der Waals surface area contributed by atoms with Gasteiger partial charge in [0.1, 0.15) is 22.9 Å². The van der Waals surface area contributed by atoms with Gasteiger partial charge in [0.15, 0.2) is 22.0 Å². The molecule has 1 N–H and O–H groups in total. The van der Waals surface area contributed by atoms with E-state index in [1.807, 2.05) is 0 Å². The van der Waals surface area contributed by atoms with Crippen LogP contribution in [0, 0.1) is 5.92 Å². The highest BCUT2D eigenvalue weighted by molar-refractivity contribution is 7.91. The number of nitrogens with zero attached hydrogens (tertiary/aromatic N) is 3. The minimum atomic E-state index is -5.04. The number of halogens is 6. The molecule has 0 saturated heterocycles. The fraction of sp³-hybridized carbons (Fsp3) is 0.560. The van der Waals surface area contributed by atoms with Gasteiger partial charge in [-0.1, -0.05) is 25.0 Å². The van der Waals surface area contributed by atoms with E-state index in [1.165, 1.54) is 11.7 Å². The summed E-state index contributed by atoms with van der Waals surface area (Å²) in [7, 11) is -2.53. The zero-order valence-corrected chi connectivity index (χ0v) is 22.9. The van der Waals surface area contributed by atoms with E-state index in [0.29, 0.717) is 12.3 Å². The average Bonchev–Trinajstić information content (AvgIpc) is 3.62. The number of aryl methyl sites for hydroxylation is 2. The Morgan fingerprint density at radius 3 is 2.34 bits per heavy atom. The lowest BCUT2D eigenvalue weighted by Gasteiger charge is -2.36. The first kappa shape index (κ1) is 30.7. The number of nitrogens with one attached hydrogen (secondary N) is 1. The molecule has 0 bridgehead atoms. The third-order valence-electron chi connectivity index (χ3n) is 7.05. The van der Waals surface area contributed by atoms with Gasteiger partial charge in [-0.2, -0.15) is 31.4 Å². The number of ether oxygens (including phenoxy) is 1. The molecule has 1 aliphatic carbocycles. The number of carbonyl (C=O) groups is 2. The summed E-state index contributed by atoms with van der Waals surface area (Å²) in [6, 6.07) is 3.76. The van der Waals surface area contributed by atoms with Gasteiger partial charge in [0.05, 0.1) is 5.69 Å². The fourth-order valence-corrected chi connectivity index (χ4v) is 5.42. The van der Waals surface area contributed by atoms with Crippen LogP contribution in [-0.2, 0) is 33.1 Å². The van der Waals surface area contributed by atoms with E-state index in [1.54, 1.807) is 0 Å².